The number of benzene rings is 1. The van der Waals surface area contributed by atoms with E-state index in [4.69, 9.17) is 23.7 Å². The maximum atomic E-state index is 13.4. The van der Waals surface area contributed by atoms with Crippen LogP contribution in [0.3, 0.4) is 0 Å². The second-order valence-electron chi connectivity index (χ2n) is 15.9. The van der Waals surface area contributed by atoms with Crippen molar-refractivity contribution in [1.82, 2.24) is 0 Å². The van der Waals surface area contributed by atoms with Gasteiger partial charge < -0.3 is 33.9 Å². The number of hydrogen-bond donors (Lipinski definition) is 2. The van der Waals surface area contributed by atoms with Gasteiger partial charge >= 0.3 is 12.1 Å². The number of rotatable bonds is 7. The molecule has 1 saturated heterocycles. The number of aliphatic hydroxyl groups is 2. The monoisotopic (exact) mass is 683 g/mol. The zero-order valence-corrected chi connectivity index (χ0v) is 28.6. The van der Waals surface area contributed by atoms with Crippen LogP contribution < -0.4 is 0 Å². The predicted octanol–water partition coefficient (Wildman–Crippen LogP) is 5.75. The predicted molar refractivity (Wildman–Crippen MR) is 174 cm³/mol. The molecule has 5 fully saturated rings. The lowest BCUT2D eigenvalue weighted by Crippen LogP contribution is -2.67. The number of carbonyl (C=O) groups is 2. The Balaban J connectivity index is 1.11. The number of hydrogen-bond acceptors (Lipinski definition) is 11. The molecule has 6 aliphatic rings. The zero-order chi connectivity index (χ0) is 34.7. The molecule has 7 rings (SSSR count). The van der Waals surface area contributed by atoms with Gasteiger partial charge in [-0.05, 0) is 117 Å². The lowest BCUT2D eigenvalue weighted by atomic mass is 9.42. The van der Waals surface area contributed by atoms with Gasteiger partial charge in [0.25, 0.3) is 5.69 Å². The molecular formula is C37H49NO11. The van der Waals surface area contributed by atoms with E-state index in [2.05, 4.69) is 6.92 Å². The largest absolute Gasteiger partial charge is 0.508 e. The minimum Gasteiger partial charge on any atom is -0.458 e. The first kappa shape index (κ1) is 34.4. The summed E-state index contributed by atoms with van der Waals surface area (Å²) >= 11 is 0. The molecule has 268 valence electrons. The first-order chi connectivity index (χ1) is 23.3. The Morgan fingerprint density at radius 2 is 1.82 bits per heavy atom. The molecule has 0 aromatic heterocycles. The topological polar surface area (TPSA) is 164 Å². The lowest BCUT2D eigenvalue weighted by Gasteiger charge is -2.65. The number of nitro groups is 1. The minimum absolute atomic E-state index is 0.000152. The number of aliphatic hydroxyl groups excluding tert-OH is 1. The number of esters is 1. The van der Waals surface area contributed by atoms with Crippen LogP contribution in [0.1, 0.15) is 90.5 Å². The van der Waals surface area contributed by atoms with Gasteiger partial charge in [0.1, 0.15) is 19.3 Å². The fraction of sp³-hybridized carbons (Fsp3) is 0.730. The molecular weight excluding hydrogens is 634 g/mol. The van der Waals surface area contributed by atoms with Crippen molar-refractivity contribution >= 4 is 17.8 Å². The van der Waals surface area contributed by atoms with Gasteiger partial charge in [-0.2, -0.15) is 0 Å². The summed E-state index contributed by atoms with van der Waals surface area (Å²) in [5, 5.41) is 34.1. The van der Waals surface area contributed by atoms with Gasteiger partial charge in [0.05, 0.1) is 28.8 Å². The number of ether oxygens (including phenoxy) is 5. The Hall–Kier alpha value is -3.06. The fourth-order valence-corrected chi connectivity index (χ4v) is 10.9. The van der Waals surface area contributed by atoms with Gasteiger partial charge in [0.2, 0.25) is 0 Å². The summed E-state index contributed by atoms with van der Waals surface area (Å²) in [5.41, 5.74) is -0.744. The van der Waals surface area contributed by atoms with Crippen molar-refractivity contribution in [3.8, 4) is 0 Å². The lowest BCUT2D eigenvalue weighted by molar-refractivity contribution is -0.384. The standard InChI is InChI=1S/C37H49NO11/c1-21-30(39)10-11-33(47-21)48-26-12-14-35(2)24(17-26)6-9-28-29(35)18-31(49-34(41)46-19-22-4-7-25(8-5-22)38(43)44)36(3)27(13-15-37(28,36)42)23-16-32(40)45-20-23/h4-5,7-8,16,21,24,26-31,33,39,42H,6,9-15,17-20H2,1-3H3/t21-,24+,26-,27+,28+,29-,30+,31+,33-,35-,36-,37-/m0/s1. The number of cyclic esters (lactones) is 1. The van der Waals surface area contributed by atoms with Gasteiger partial charge in [0, 0.05) is 30.0 Å². The molecule has 0 radical (unpaired) electrons. The average Bonchev–Trinajstić information content (AvgIpc) is 3.62. The third kappa shape index (κ3) is 5.96. The van der Waals surface area contributed by atoms with Crippen molar-refractivity contribution in [3.63, 3.8) is 0 Å². The van der Waals surface area contributed by atoms with E-state index in [0.29, 0.717) is 43.6 Å². The van der Waals surface area contributed by atoms with Crippen LogP contribution in [0.25, 0.3) is 0 Å². The summed E-state index contributed by atoms with van der Waals surface area (Å²) in [7, 11) is 0. The van der Waals surface area contributed by atoms with Crippen LogP contribution >= 0.6 is 0 Å². The van der Waals surface area contributed by atoms with Gasteiger partial charge in [-0.25, -0.2) is 9.59 Å². The molecule has 49 heavy (non-hydrogen) atoms. The van der Waals surface area contributed by atoms with Crippen LogP contribution in [0, 0.1) is 44.6 Å². The van der Waals surface area contributed by atoms with Crippen LogP contribution in [0.15, 0.2) is 35.9 Å². The SMILES string of the molecule is C[C@@H]1O[C@@H](O[C@H]2CC[C@@]3(C)[C@H](CC[C@@H]4[C@@H]3C[C@@H](OC(=O)OCc3ccc([N+](=O)[O-])cc3)[C@]3(C)[C@@H](C5=CC(=O)OC5)CC[C@]43O)C2)CC[C@H]1O. The average molecular weight is 684 g/mol. The normalized spacial score (nSPS) is 43.0. The minimum atomic E-state index is -1.13. The molecule has 0 spiro atoms. The van der Waals surface area contributed by atoms with E-state index in [-0.39, 0.29) is 66.5 Å². The highest BCUT2D eigenvalue weighted by molar-refractivity contribution is 5.85. The van der Waals surface area contributed by atoms with Gasteiger partial charge in [-0.1, -0.05) is 13.8 Å². The van der Waals surface area contributed by atoms with E-state index >= 15 is 0 Å². The molecule has 4 aliphatic carbocycles. The van der Waals surface area contributed by atoms with E-state index in [1.165, 1.54) is 18.2 Å². The van der Waals surface area contributed by atoms with E-state index in [0.717, 1.165) is 37.7 Å². The molecule has 1 aromatic carbocycles. The molecule has 12 atom stereocenters. The van der Waals surface area contributed by atoms with Crippen molar-refractivity contribution in [2.24, 2.45) is 34.5 Å². The molecule has 0 bridgehead atoms. The first-order valence-electron chi connectivity index (χ1n) is 18.0. The van der Waals surface area contributed by atoms with Crippen molar-refractivity contribution in [3.05, 3.63) is 51.6 Å². The van der Waals surface area contributed by atoms with Gasteiger partial charge in [-0.15, -0.1) is 0 Å². The quantitative estimate of drug-likeness (QED) is 0.156. The maximum absolute atomic E-state index is 13.4. The molecule has 2 N–H and O–H groups in total. The van der Waals surface area contributed by atoms with Gasteiger partial charge in [-0.3, -0.25) is 10.1 Å². The summed E-state index contributed by atoms with van der Waals surface area (Å²) < 4.78 is 29.5. The highest BCUT2D eigenvalue weighted by Crippen LogP contribution is 2.70. The van der Waals surface area contributed by atoms with Crippen LogP contribution in [0.4, 0.5) is 10.5 Å². The molecule has 2 aliphatic heterocycles. The molecule has 1 aromatic rings. The zero-order valence-electron chi connectivity index (χ0n) is 28.6. The number of nitro benzene ring substituents is 1. The third-order valence-corrected chi connectivity index (χ3v) is 13.7. The highest BCUT2D eigenvalue weighted by atomic mass is 16.7. The molecule has 4 saturated carbocycles. The Kier molecular flexibility index (Phi) is 9.07. The Morgan fingerprint density at radius 1 is 1.04 bits per heavy atom. The smallest absolute Gasteiger partial charge is 0.458 e. The first-order valence-corrected chi connectivity index (χ1v) is 18.0. The summed E-state index contributed by atoms with van der Waals surface area (Å²) in [6.07, 6.45) is 6.61. The summed E-state index contributed by atoms with van der Waals surface area (Å²) in [5.74, 6) is -0.141. The van der Waals surface area contributed by atoms with Crippen LogP contribution in [-0.4, -0.2) is 70.2 Å². The Labute approximate surface area is 286 Å². The summed E-state index contributed by atoms with van der Waals surface area (Å²) in [6, 6.07) is 5.81. The Morgan fingerprint density at radius 3 is 2.51 bits per heavy atom. The number of nitrogens with zero attached hydrogens (tertiary/aromatic N) is 1. The molecule has 0 unspecified atom stereocenters. The van der Waals surface area contributed by atoms with Crippen molar-refractivity contribution < 1.29 is 48.4 Å². The van der Waals surface area contributed by atoms with Crippen LogP contribution in [-0.2, 0) is 35.1 Å². The van der Waals surface area contributed by atoms with Crippen LogP contribution in [0.5, 0.6) is 0 Å². The highest BCUT2D eigenvalue weighted by Gasteiger charge is 2.72. The maximum Gasteiger partial charge on any atom is 0.508 e. The van der Waals surface area contributed by atoms with Crippen LogP contribution in [0.2, 0.25) is 0 Å². The van der Waals surface area contributed by atoms with E-state index in [1.807, 2.05) is 13.8 Å². The number of fused-ring (bicyclic) bond motifs is 5. The third-order valence-electron chi connectivity index (χ3n) is 13.7. The number of non-ortho nitro benzene ring substituents is 1. The molecule has 12 heteroatoms. The van der Waals surface area contributed by atoms with E-state index in [1.54, 1.807) is 12.1 Å². The molecule has 12 nitrogen and oxygen atoms in total. The molecule has 2 heterocycles. The van der Waals surface area contributed by atoms with E-state index in [9.17, 15) is 29.9 Å². The fourth-order valence-electron chi connectivity index (χ4n) is 10.9. The van der Waals surface area contributed by atoms with E-state index < -0.39 is 34.3 Å². The van der Waals surface area contributed by atoms with Crippen molar-refractivity contribution in [2.45, 2.75) is 128 Å². The summed E-state index contributed by atoms with van der Waals surface area (Å²) in [4.78, 5) is 36.1. The Bertz CT molecular complexity index is 1480. The summed E-state index contributed by atoms with van der Waals surface area (Å²) in [6.45, 7) is 6.29. The molecule has 0 amide bonds. The van der Waals surface area contributed by atoms with Crippen molar-refractivity contribution in [2.75, 3.05) is 6.61 Å². The van der Waals surface area contributed by atoms with Gasteiger partial charge in [0.15, 0.2) is 6.29 Å². The number of carbonyl (C=O) groups excluding carboxylic acids is 2. The van der Waals surface area contributed by atoms with Crippen molar-refractivity contribution in [1.29, 1.82) is 0 Å². The second kappa shape index (κ2) is 12.9. The second-order valence-corrected chi connectivity index (χ2v) is 15.9.